The van der Waals surface area contributed by atoms with Crippen molar-refractivity contribution in [2.75, 3.05) is 0 Å². The number of aromatic hydroxyl groups is 1. The number of aromatic nitrogens is 2. The fourth-order valence-electron chi connectivity index (χ4n) is 2.48. The average Bonchev–Trinajstić information content (AvgIpc) is 3.08. The molecule has 28 heavy (non-hydrogen) atoms. The van der Waals surface area contributed by atoms with Gasteiger partial charge in [-0.1, -0.05) is 6.07 Å². The minimum atomic E-state index is -1.08. The highest BCUT2D eigenvalue weighted by molar-refractivity contribution is 5.89. The first kappa shape index (κ1) is 18.6. The standard InChI is InChI=1S/C18H13N3O7/c1-9-2-3-10(18(24)25)8-12(9)13-6-4-11(28-13)5-7-14-19-16(22)15(21(26)27)17(23)20-14/h2-8H,1H3,(H,24,25)(H2,19,20,22,23)/b7-5+. The number of nitro groups is 1. The second kappa shape index (κ2) is 7.19. The molecule has 0 saturated carbocycles. The molecule has 0 aliphatic rings. The fraction of sp³-hybridized carbons (Fsp3) is 0.0556. The smallest absolute Gasteiger partial charge is 0.395 e. The summed E-state index contributed by atoms with van der Waals surface area (Å²) < 4.78 is 5.66. The van der Waals surface area contributed by atoms with E-state index < -0.39 is 28.0 Å². The van der Waals surface area contributed by atoms with Gasteiger partial charge >= 0.3 is 17.2 Å². The van der Waals surface area contributed by atoms with Gasteiger partial charge in [-0.3, -0.25) is 14.9 Å². The van der Waals surface area contributed by atoms with Crippen LogP contribution in [0.5, 0.6) is 5.88 Å². The Balaban J connectivity index is 1.90. The normalized spacial score (nSPS) is 11.0. The molecule has 10 heteroatoms. The first-order chi connectivity index (χ1) is 13.3. The van der Waals surface area contributed by atoms with E-state index in [1.54, 1.807) is 18.2 Å². The molecular formula is C18H13N3O7. The lowest BCUT2D eigenvalue weighted by Crippen LogP contribution is -2.14. The van der Waals surface area contributed by atoms with Crippen molar-refractivity contribution in [1.82, 2.24) is 9.97 Å². The Morgan fingerprint density at radius 2 is 2.04 bits per heavy atom. The molecule has 0 unspecified atom stereocenters. The van der Waals surface area contributed by atoms with E-state index >= 15 is 0 Å². The van der Waals surface area contributed by atoms with Crippen LogP contribution in [0, 0.1) is 17.0 Å². The van der Waals surface area contributed by atoms with Crippen LogP contribution in [-0.2, 0) is 0 Å². The number of benzene rings is 1. The Morgan fingerprint density at radius 1 is 1.29 bits per heavy atom. The molecule has 0 bridgehead atoms. The Bertz CT molecular complexity index is 1170. The molecule has 0 aliphatic heterocycles. The minimum absolute atomic E-state index is 0.102. The number of furan rings is 1. The Labute approximate surface area is 156 Å². The number of carboxylic acids is 1. The van der Waals surface area contributed by atoms with Gasteiger partial charge in [-0.25, -0.2) is 4.79 Å². The first-order valence-electron chi connectivity index (χ1n) is 7.86. The maximum absolute atomic E-state index is 11.6. The zero-order chi connectivity index (χ0) is 20.4. The van der Waals surface area contributed by atoms with Crippen LogP contribution in [0.25, 0.3) is 23.5 Å². The summed E-state index contributed by atoms with van der Waals surface area (Å²) in [5.74, 6) is -1.35. The number of hydrogen-bond acceptors (Lipinski definition) is 7. The fourth-order valence-corrected chi connectivity index (χ4v) is 2.48. The molecular weight excluding hydrogens is 370 g/mol. The summed E-state index contributed by atoms with van der Waals surface area (Å²) >= 11 is 0. The van der Waals surface area contributed by atoms with Crippen LogP contribution in [-0.4, -0.2) is 31.1 Å². The van der Waals surface area contributed by atoms with Gasteiger partial charge in [-0.05, 0) is 48.9 Å². The molecule has 0 fully saturated rings. The van der Waals surface area contributed by atoms with Gasteiger partial charge in [0.1, 0.15) is 17.3 Å². The molecule has 3 rings (SSSR count). The third-order valence-electron chi connectivity index (χ3n) is 3.86. The lowest BCUT2D eigenvalue weighted by molar-refractivity contribution is -0.387. The molecule has 0 saturated heterocycles. The summed E-state index contributed by atoms with van der Waals surface area (Å²) in [4.78, 5) is 38.1. The van der Waals surface area contributed by atoms with Crippen molar-refractivity contribution in [2.24, 2.45) is 0 Å². The molecule has 0 aliphatic carbocycles. The maximum atomic E-state index is 11.6. The third kappa shape index (κ3) is 3.65. The van der Waals surface area contributed by atoms with Crippen LogP contribution < -0.4 is 5.56 Å². The topological polar surface area (TPSA) is 160 Å². The van der Waals surface area contributed by atoms with Crippen molar-refractivity contribution in [2.45, 2.75) is 6.92 Å². The van der Waals surface area contributed by atoms with Gasteiger partial charge in [-0.15, -0.1) is 0 Å². The molecule has 10 nitrogen and oxygen atoms in total. The van der Waals surface area contributed by atoms with Gasteiger partial charge in [0.05, 0.1) is 10.5 Å². The number of aromatic carboxylic acids is 1. The molecule has 2 aromatic heterocycles. The van der Waals surface area contributed by atoms with E-state index in [4.69, 9.17) is 9.52 Å². The van der Waals surface area contributed by atoms with Gasteiger partial charge in [0, 0.05) is 5.56 Å². The average molecular weight is 383 g/mol. The second-order valence-corrected chi connectivity index (χ2v) is 5.75. The quantitative estimate of drug-likeness (QED) is 0.448. The predicted molar refractivity (Wildman–Crippen MR) is 97.9 cm³/mol. The number of carboxylic acid groups (broad SMARTS) is 1. The van der Waals surface area contributed by atoms with Crippen LogP contribution in [0.4, 0.5) is 5.69 Å². The minimum Gasteiger partial charge on any atom is -0.488 e. The summed E-state index contributed by atoms with van der Waals surface area (Å²) in [5.41, 5.74) is -0.568. The van der Waals surface area contributed by atoms with Crippen molar-refractivity contribution in [3.8, 4) is 17.2 Å². The van der Waals surface area contributed by atoms with Gasteiger partial charge < -0.3 is 19.6 Å². The van der Waals surface area contributed by atoms with Crippen molar-refractivity contribution >= 4 is 23.8 Å². The maximum Gasteiger partial charge on any atom is 0.395 e. The zero-order valence-electron chi connectivity index (χ0n) is 14.4. The van der Waals surface area contributed by atoms with E-state index in [1.165, 1.54) is 24.3 Å². The molecule has 1 aromatic carbocycles. The monoisotopic (exact) mass is 383 g/mol. The summed E-state index contributed by atoms with van der Waals surface area (Å²) in [6.07, 6.45) is 2.73. The number of nitrogens with one attached hydrogen (secondary N) is 1. The van der Waals surface area contributed by atoms with Gasteiger partial charge in [0.15, 0.2) is 0 Å². The van der Waals surface area contributed by atoms with Crippen molar-refractivity contribution in [1.29, 1.82) is 0 Å². The summed E-state index contributed by atoms with van der Waals surface area (Å²) in [6.45, 7) is 1.81. The highest BCUT2D eigenvalue weighted by atomic mass is 16.6. The van der Waals surface area contributed by atoms with Crippen molar-refractivity contribution < 1.29 is 24.3 Å². The van der Waals surface area contributed by atoms with Crippen LogP contribution in [0.2, 0.25) is 0 Å². The number of aryl methyl sites for hydroxylation is 1. The molecule has 0 radical (unpaired) electrons. The number of hydrogen-bond donors (Lipinski definition) is 3. The molecule has 142 valence electrons. The molecule has 0 amide bonds. The Morgan fingerprint density at radius 3 is 2.68 bits per heavy atom. The SMILES string of the molecule is Cc1ccc(C(=O)O)cc1-c1ccc(/C=C/c2nc(O)c([N+](=O)[O-])c(=O)[nH]2)o1. The van der Waals surface area contributed by atoms with E-state index in [1.807, 2.05) is 6.92 Å². The van der Waals surface area contributed by atoms with E-state index in [0.717, 1.165) is 5.56 Å². The van der Waals surface area contributed by atoms with E-state index in [-0.39, 0.29) is 11.4 Å². The van der Waals surface area contributed by atoms with E-state index in [0.29, 0.717) is 17.1 Å². The summed E-state index contributed by atoms with van der Waals surface area (Å²) in [5, 5.41) is 29.3. The predicted octanol–water partition coefficient (Wildman–Crippen LogP) is 2.82. The van der Waals surface area contributed by atoms with Gasteiger partial charge in [0.25, 0.3) is 5.88 Å². The second-order valence-electron chi connectivity index (χ2n) is 5.75. The van der Waals surface area contributed by atoms with Crippen molar-refractivity contribution in [3.05, 3.63) is 73.5 Å². The van der Waals surface area contributed by atoms with Crippen LogP contribution in [0.3, 0.4) is 0 Å². The third-order valence-corrected chi connectivity index (χ3v) is 3.86. The summed E-state index contributed by atoms with van der Waals surface area (Å²) in [6, 6.07) is 7.93. The van der Waals surface area contributed by atoms with Crippen molar-refractivity contribution in [3.63, 3.8) is 0 Å². The lowest BCUT2D eigenvalue weighted by Gasteiger charge is -2.04. The zero-order valence-corrected chi connectivity index (χ0v) is 14.4. The van der Waals surface area contributed by atoms with Crippen LogP contribution in [0.1, 0.15) is 27.5 Å². The van der Waals surface area contributed by atoms with Gasteiger partial charge in [0.2, 0.25) is 0 Å². The number of nitrogens with zero attached hydrogens (tertiary/aromatic N) is 2. The van der Waals surface area contributed by atoms with Crippen LogP contribution in [0.15, 0.2) is 39.5 Å². The number of H-pyrrole nitrogens is 1. The highest BCUT2D eigenvalue weighted by Gasteiger charge is 2.21. The number of rotatable bonds is 5. The Hall–Kier alpha value is -4.21. The molecule has 0 spiro atoms. The molecule has 3 aromatic rings. The Kier molecular flexibility index (Phi) is 4.77. The van der Waals surface area contributed by atoms with Crippen LogP contribution >= 0.6 is 0 Å². The summed E-state index contributed by atoms with van der Waals surface area (Å²) in [7, 11) is 0. The first-order valence-corrected chi connectivity index (χ1v) is 7.86. The number of aromatic amines is 1. The van der Waals surface area contributed by atoms with Gasteiger partial charge in [-0.2, -0.15) is 4.98 Å². The lowest BCUT2D eigenvalue weighted by atomic mass is 10.0. The largest absolute Gasteiger partial charge is 0.488 e. The molecule has 2 heterocycles. The van der Waals surface area contributed by atoms with E-state index in [9.17, 15) is 24.8 Å². The highest BCUT2D eigenvalue weighted by Crippen LogP contribution is 2.27. The molecule has 3 N–H and O–H groups in total. The number of carbonyl (C=O) groups is 1. The van der Waals surface area contributed by atoms with E-state index in [2.05, 4.69) is 9.97 Å². The molecule has 0 atom stereocenters.